The molecule has 0 spiro atoms. The van der Waals surface area contributed by atoms with Gasteiger partial charge in [-0.3, -0.25) is 0 Å². The van der Waals surface area contributed by atoms with Gasteiger partial charge >= 0.3 is 5.97 Å². The van der Waals surface area contributed by atoms with E-state index in [2.05, 4.69) is 26.7 Å². The van der Waals surface area contributed by atoms with E-state index in [9.17, 15) is 4.79 Å². The standard InChI is InChI=1S/C20H20N4O2/c1-13-5-4-6-17(11-13)22-18-12-14(2)21-20(24-18)23-16-9-7-15(8-10-16)19(25)26-3/h4-12H,1-3H3,(H2,21,22,23,24). The van der Waals surface area contributed by atoms with Crippen molar-refractivity contribution in [3.8, 4) is 0 Å². The lowest BCUT2D eigenvalue weighted by molar-refractivity contribution is 0.0601. The Morgan fingerprint density at radius 3 is 2.38 bits per heavy atom. The number of ether oxygens (including phenoxy) is 1. The first-order valence-electron chi connectivity index (χ1n) is 8.18. The fraction of sp³-hybridized carbons (Fsp3) is 0.150. The first-order chi connectivity index (χ1) is 12.5. The molecular weight excluding hydrogens is 328 g/mol. The highest BCUT2D eigenvalue weighted by molar-refractivity contribution is 5.89. The molecule has 0 unspecified atom stereocenters. The maximum absolute atomic E-state index is 11.5. The molecule has 26 heavy (non-hydrogen) atoms. The summed E-state index contributed by atoms with van der Waals surface area (Å²) in [6.45, 7) is 3.95. The first kappa shape index (κ1) is 17.4. The van der Waals surface area contributed by atoms with Gasteiger partial charge in [-0.25, -0.2) is 9.78 Å². The predicted molar refractivity (Wildman–Crippen MR) is 102 cm³/mol. The Hall–Kier alpha value is -3.41. The van der Waals surface area contributed by atoms with Gasteiger partial charge in [-0.15, -0.1) is 0 Å². The number of benzene rings is 2. The van der Waals surface area contributed by atoms with Crippen LogP contribution in [0.3, 0.4) is 0 Å². The van der Waals surface area contributed by atoms with Crippen LogP contribution in [0.1, 0.15) is 21.6 Å². The van der Waals surface area contributed by atoms with E-state index in [1.165, 1.54) is 12.7 Å². The quantitative estimate of drug-likeness (QED) is 0.667. The van der Waals surface area contributed by atoms with Crippen molar-refractivity contribution in [1.29, 1.82) is 0 Å². The number of aryl methyl sites for hydroxylation is 2. The third-order valence-electron chi connectivity index (χ3n) is 3.71. The molecule has 3 aromatic rings. The van der Waals surface area contributed by atoms with Crippen molar-refractivity contribution < 1.29 is 9.53 Å². The molecule has 0 saturated carbocycles. The average Bonchev–Trinajstić information content (AvgIpc) is 2.61. The van der Waals surface area contributed by atoms with Crippen LogP contribution in [0, 0.1) is 13.8 Å². The third-order valence-corrected chi connectivity index (χ3v) is 3.71. The maximum atomic E-state index is 11.5. The van der Waals surface area contributed by atoms with E-state index < -0.39 is 0 Å². The Morgan fingerprint density at radius 1 is 0.923 bits per heavy atom. The van der Waals surface area contributed by atoms with Gasteiger partial charge in [0.1, 0.15) is 5.82 Å². The van der Waals surface area contributed by atoms with Crippen molar-refractivity contribution in [1.82, 2.24) is 9.97 Å². The topological polar surface area (TPSA) is 76.1 Å². The number of hydrogen-bond donors (Lipinski definition) is 2. The van der Waals surface area contributed by atoms with Gasteiger partial charge in [-0.1, -0.05) is 12.1 Å². The van der Waals surface area contributed by atoms with Gasteiger partial charge < -0.3 is 15.4 Å². The van der Waals surface area contributed by atoms with E-state index in [0.717, 1.165) is 17.1 Å². The third kappa shape index (κ3) is 4.36. The van der Waals surface area contributed by atoms with E-state index in [4.69, 9.17) is 4.74 Å². The van der Waals surface area contributed by atoms with Gasteiger partial charge in [0.15, 0.2) is 0 Å². The predicted octanol–water partition coefficient (Wildman–Crippen LogP) is 4.37. The zero-order chi connectivity index (χ0) is 18.5. The van der Waals surface area contributed by atoms with Crippen molar-refractivity contribution in [2.75, 3.05) is 17.7 Å². The molecule has 0 radical (unpaired) electrons. The number of rotatable bonds is 5. The maximum Gasteiger partial charge on any atom is 0.337 e. The fourth-order valence-corrected chi connectivity index (χ4v) is 2.50. The number of aromatic nitrogens is 2. The van der Waals surface area contributed by atoms with Crippen molar-refractivity contribution in [2.45, 2.75) is 13.8 Å². The second-order valence-electron chi connectivity index (χ2n) is 5.91. The second kappa shape index (κ2) is 7.65. The summed E-state index contributed by atoms with van der Waals surface area (Å²) in [5, 5.41) is 6.44. The van der Waals surface area contributed by atoms with Crippen molar-refractivity contribution in [3.63, 3.8) is 0 Å². The van der Waals surface area contributed by atoms with E-state index in [-0.39, 0.29) is 5.97 Å². The highest BCUT2D eigenvalue weighted by Gasteiger charge is 2.07. The van der Waals surface area contributed by atoms with Crippen LogP contribution in [0.4, 0.5) is 23.1 Å². The van der Waals surface area contributed by atoms with Crippen LogP contribution >= 0.6 is 0 Å². The number of nitrogens with zero attached hydrogens (tertiary/aromatic N) is 2. The van der Waals surface area contributed by atoms with E-state index >= 15 is 0 Å². The van der Waals surface area contributed by atoms with Crippen LogP contribution in [-0.4, -0.2) is 23.0 Å². The summed E-state index contributed by atoms with van der Waals surface area (Å²) < 4.78 is 4.70. The van der Waals surface area contributed by atoms with Crippen molar-refractivity contribution in [3.05, 3.63) is 71.4 Å². The smallest absolute Gasteiger partial charge is 0.337 e. The average molecular weight is 348 g/mol. The summed E-state index contributed by atoms with van der Waals surface area (Å²) in [6.07, 6.45) is 0. The molecule has 0 amide bonds. The summed E-state index contributed by atoms with van der Waals surface area (Å²) in [4.78, 5) is 20.4. The van der Waals surface area contributed by atoms with Gasteiger partial charge in [0.05, 0.1) is 12.7 Å². The van der Waals surface area contributed by atoms with Crippen LogP contribution in [-0.2, 0) is 4.74 Å². The molecule has 132 valence electrons. The minimum absolute atomic E-state index is 0.368. The molecule has 0 bridgehead atoms. The Balaban J connectivity index is 1.78. The van der Waals surface area contributed by atoms with Crippen molar-refractivity contribution >= 4 is 29.1 Å². The number of carbonyl (C=O) groups is 1. The molecule has 6 nitrogen and oxygen atoms in total. The minimum Gasteiger partial charge on any atom is -0.465 e. The second-order valence-corrected chi connectivity index (χ2v) is 5.91. The zero-order valence-corrected chi connectivity index (χ0v) is 14.9. The largest absolute Gasteiger partial charge is 0.465 e. The van der Waals surface area contributed by atoms with Crippen molar-refractivity contribution in [2.24, 2.45) is 0 Å². The molecule has 0 saturated heterocycles. The van der Waals surface area contributed by atoms with E-state index in [1.54, 1.807) is 24.3 Å². The van der Waals surface area contributed by atoms with Crippen LogP contribution in [0.15, 0.2) is 54.6 Å². The molecule has 0 aliphatic heterocycles. The Morgan fingerprint density at radius 2 is 1.69 bits per heavy atom. The summed E-state index contributed by atoms with van der Waals surface area (Å²) in [5.41, 5.74) is 4.25. The van der Waals surface area contributed by atoms with Gasteiger partial charge in [0, 0.05) is 23.1 Å². The first-order valence-corrected chi connectivity index (χ1v) is 8.18. The van der Waals surface area contributed by atoms with Gasteiger partial charge in [-0.2, -0.15) is 4.98 Å². The Bertz CT molecular complexity index is 923. The molecule has 1 aromatic heterocycles. The lowest BCUT2D eigenvalue weighted by Gasteiger charge is -2.10. The molecule has 0 aliphatic rings. The molecule has 0 atom stereocenters. The number of esters is 1. The van der Waals surface area contributed by atoms with E-state index in [1.807, 2.05) is 38.1 Å². The number of anilines is 4. The normalized spacial score (nSPS) is 10.3. The fourth-order valence-electron chi connectivity index (χ4n) is 2.50. The van der Waals surface area contributed by atoms with Crippen LogP contribution < -0.4 is 10.6 Å². The number of methoxy groups -OCH3 is 1. The van der Waals surface area contributed by atoms with E-state index in [0.29, 0.717) is 17.3 Å². The van der Waals surface area contributed by atoms with Crippen LogP contribution in [0.25, 0.3) is 0 Å². The SMILES string of the molecule is COC(=O)c1ccc(Nc2nc(C)cc(Nc3cccc(C)c3)n2)cc1. The highest BCUT2D eigenvalue weighted by Crippen LogP contribution is 2.20. The molecule has 0 aliphatic carbocycles. The van der Waals surface area contributed by atoms with Gasteiger partial charge in [0.25, 0.3) is 0 Å². The molecule has 2 N–H and O–H groups in total. The summed E-state index contributed by atoms with van der Waals surface area (Å²) in [6, 6.07) is 16.9. The summed E-state index contributed by atoms with van der Waals surface area (Å²) >= 11 is 0. The molecule has 1 heterocycles. The lowest BCUT2D eigenvalue weighted by Crippen LogP contribution is -2.03. The summed E-state index contributed by atoms with van der Waals surface area (Å²) in [7, 11) is 1.36. The lowest BCUT2D eigenvalue weighted by atomic mass is 10.2. The minimum atomic E-state index is -0.368. The molecule has 2 aromatic carbocycles. The summed E-state index contributed by atoms with van der Waals surface area (Å²) in [5.74, 6) is 0.816. The highest BCUT2D eigenvalue weighted by atomic mass is 16.5. The molecule has 6 heteroatoms. The van der Waals surface area contributed by atoms with Crippen LogP contribution in [0.5, 0.6) is 0 Å². The van der Waals surface area contributed by atoms with Gasteiger partial charge in [-0.05, 0) is 55.8 Å². The monoisotopic (exact) mass is 348 g/mol. The number of hydrogen-bond acceptors (Lipinski definition) is 6. The number of carbonyl (C=O) groups excluding carboxylic acids is 1. The molecular formula is C20H20N4O2. The zero-order valence-electron chi connectivity index (χ0n) is 14.9. The van der Waals surface area contributed by atoms with Crippen LogP contribution in [0.2, 0.25) is 0 Å². The molecule has 3 rings (SSSR count). The van der Waals surface area contributed by atoms with Gasteiger partial charge in [0.2, 0.25) is 5.95 Å². The molecule has 0 fully saturated rings. The number of nitrogens with one attached hydrogen (secondary N) is 2. The Kier molecular flexibility index (Phi) is 5.12. The Labute approximate surface area is 152 Å².